The second kappa shape index (κ2) is 9.49. The Hall–Kier alpha value is -2.91. The van der Waals surface area contributed by atoms with Crippen molar-refractivity contribution in [2.24, 2.45) is 5.10 Å². The molecular formula is C21H26F3N7. The number of piperidine rings is 2. The predicted molar refractivity (Wildman–Crippen MR) is 115 cm³/mol. The zero-order valence-electron chi connectivity index (χ0n) is 17.3. The van der Waals surface area contributed by atoms with E-state index >= 15 is 0 Å². The van der Waals surface area contributed by atoms with Gasteiger partial charge in [-0.15, -0.1) is 0 Å². The van der Waals surface area contributed by atoms with E-state index in [4.69, 9.17) is 4.98 Å². The number of hydrogen-bond acceptors (Lipinski definition) is 7. The molecule has 166 valence electrons. The number of hydrazone groups is 1. The number of benzene rings is 1. The highest BCUT2D eigenvalue weighted by Crippen LogP contribution is 2.29. The van der Waals surface area contributed by atoms with E-state index in [1.807, 2.05) is 0 Å². The van der Waals surface area contributed by atoms with Gasteiger partial charge in [-0.2, -0.15) is 33.2 Å². The molecule has 2 aliphatic rings. The lowest BCUT2D eigenvalue weighted by molar-refractivity contribution is -0.137. The third-order valence-corrected chi connectivity index (χ3v) is 5.51. The maximum absolute atomic E-state index is 12.7. The van der Waals surface area contributed by atoms with Crippen molar-refractivity contribution in [3.63, 3.8) is 0 Å². The Kier molecular flexibility index (Phi) is 6.53. The zero-order valence-corrected chi connectivity index (χ0v) is 17.3. The van der Waals surface area contributed by atoms with Crippen molar-refractivity contribution < 1.29 is 13.2 Å². The molecule has 1 aromatic heterocycles. The Bertz CT molecular complexity index is 851. The van der Waals surface area contributed by atoms with Gasteiger partial charge < -0.3 is 9.80 Å². The first-order valence-corrected chi connectivity index (χ1v) is 10.7. The van der Waals surface area contributed by atoms with Crippen LogP contribution < -0.4 is 15.2 Å². The predicted octanol–water partition coefficient (Wildman–Crippen LogP) is 4.32. The van der Waals surface area contributed by atoms with E-state index < -0.39 is 11.7 Å². The third-order valence-electron chi connectivity index (χ3n) is 5.51. The molecule has 10 heteroatoms. The van der Waals surface area contributed by atoms with Crippen molar-refractivity contribution in [1.82, 2.24) is 15.0 Å². The number of nitrogens with one attached hydrogen (secondary N) is 1. The van der Waals surface area contributed by atoms with Crippen LogP contribution in [0.4, 0.5) is 31.0 Å². The standard InChI is InChI=1S/C21H26F3N7/c22-21(23,24)17-9-7-16(8-10-17)15-25-29-18-26-19(30-11-3-1-4-12-30)28-20(27-18)31-13-5-2-6-14-31/h7-10,15H,1-6,11-14H2,(H,26,27,28,29)/b25-15-. The summed E-state index contributed by atoms with van der Waals surface area (Å²) < 4.78 is 38.1. The van der Waals surface area contributed by atoms with Crippen molar-refractivity contribution in [2.45, 2.75) is 44.7 Å². The van der Waals surface area contributed by atoms with E-state index in [2.05, 4.69) is 30.3 Å². The first-order valence-electron chi connectivity index (χ1n) is 10.7. The van der Waals surface area contributed by atoms with Gasteiger partial charge in [0, 0.05) is 26.2 Å². The molecule has 1 aromatic carbocycles. The van der Waals surface area contributed by atoms with Crippen molar-refractivity contribution in [2.75, 3.05) is 41.4 Å². The summed E-state index contributed by atoms with van der Waals surface area (Å²) in [5, 5.41) is 4.13. The topological polar surface area (TPSA) is 69.5 Å². The minimum absolute atomic E-state index is 0.333. The number of rotatable bonds is 5. The molecule has 3 heterocycles. The number of alkyl halides is 3. The van der Waals surface area contributed by atoms with Crippen LogP contribution in [0.3, 0.4) is 0 Å². The van der Waals surface area contributed by atoms with E-state index in [9.17, 15) is 13.2 Å². The first-order chi connectivity index (χ1) is 15.0. The van der Waals surface area contributed by atoms with Crippen LogP contribution in [-0.4, -0.2) is 47.3 Å². The fourth-order valence-corrected chi connectivity index (χ4v) is 3.80. The molecule has 0 spiro atoms. The van der Waals surface area contributed by atoms with Gasteiger partial charge in [0.15, 0.2) is 0 Å². The highest BCUT2D eigenvalue weighted by Gasteiger charge is 2.29. The molecule has 0 atom stereocenters. The molecule has 0 unspecified atom stereocenters. The molecule has 1 N–H and O–H groups in total. The lowest BCUT2D eigenvalue weighted by atomic mass is 10.1. The van der Waals surface area contributed by atoms with Crippen LogP contribution >= 0.6 is 0 Å². The quantitative estimate of drug-likeness (QED) is 0.560. The Morgan fingerprint density at radius 2 is 1.29 bits per heavy atom. The smallest absolute Gasteiger partial charge is 0.341 e. The minimum atomic E-state index is -4.35. The van der Waals surface area contributed by atoms with Crippen LogP contribution in [0.5, 0.6) is 0 Å². The summed E-state index contributed by atoms with van der Waals surface area (Å²) in [7, 11) is 0. The Labute approximate surface area is 179 Å². The number of nitrogens with zero attached hydrogens (tertiary/aromatic N) is 6. The normalized spacial score (nSPS) is 17.9. The van der Waals surface area contributed by atoms with Crippen LogP contribution in [-0.2, 0) is 6.18 Å². The molecular weight excluding hydrogens is 407 g/mol. The Balaban J connectivity index is 1.51. The summed E-state index contributed by atoms with van der Waals surface area (Å²) >= 11 is 0. The van der Waals surface area contributed by atoms with E-state index in [1.165, 1.54) is 31.2 Å². The monoisotopic (exact) mass is 433 g/mol. The summed E-state index contributed by atoms with van der Waals surface area (Å²) in [4.78, 5) is 18.1. The Morgan fingerprint density at radius 3 is 1.77 bits per heavy atom. The van der Waals surface area contributed by atoms with Gasteiger partial charge in [-0.05, 0) is 56.2 Å². The van der Waals surface area contributed by atoms with Crippen molar-refractivity contribution in [3.8, 4) is 0 Å². The van der Waals surface area contributed by atoms with E-state index in [1.54, 1.807) is 0 Å². The fourth-order valence-electron chi connectivity index (χ4n) is 3.80. The number of anilines is 3. The maximum Gasteiger partial charge on any atom is 0.416 e. The molecule has 7 nitrogen and oxygen atoms in total. The largest absolute Gasteiger partial charge is 0.416 e. The summed E-state index contributed by atoms with van der Waals surface area (Å²) in [6.45, 7) is 3.66. The van der Waals surface area contributed by atoms with E-state index in [-0.39, 0.29) is 0 Å². The highest BCUT2D eigenvalue weighted by molar-refractivity contribution is 5.80. The second-order valence-corrected chi connectivity index (χ2v) is 7.84. The van der Waals surface area contributed by atoms with E-state index in [0.717, 1.165) is 64.0 Å². The van der Waals surface area contributed by atoms with Crippen molar-refractivity contribution in [1.29, 1.82) is 0 Å². The van der Waals surface area contributed by atoms with Crippen LogP contribution in [0, 0.1) is 0 Å². The third kappa shape index (κ3) is 5.62. The molecule has 4 rings (SSSR count). The van der Waals surface area contributed by atoms with Gasteiger partial charge in [0.25, 0.3) is 0 Å². The number of aromatic nitrogens is 3. The average molecular weight is 433 g/mol. The minimum Gasteiger partial charge on any atom is -0.341 e. The SMILES string of the molecule is FC(F)(F)c1ccc(/C=N\Nc2nc(N3CCCCC3)nc(N3CCCCC3)n2)cc1. The van der Waals surface area contributed by atoms with Crippen LogP contribution in [0.2, 0.25) is 0 Å². The van der Waals surface area contributed by atoms with Crippen LogP contribution in [0.15, 0.2) is 29.4 Å². The van der Waals surface area contributed by atoms with Crippen molar-refractivity contribution in [3.05, 3.63) is 35.4 Å². The van der Waals surface area contributed by atoms with Gasteiger partial charge in [0.05, 0.1) is 11.8 Å². The van der Waals surface area contributed by atoms with Gasteiger partial charge in [0.1, 0.15) is 0 Å². The lowest BCUT2D eigenvalue weighted by Gasteiger charge is -2.30. The summed E-state index contributed by atoms with van der Waals surface area (Å²) in [5.74, 6) is 1.62. The summed E-state index contributed by atoms with van der Waals surface area (Å²) in [6, 6.07) is 4.82. The van der Waals surface area contributed by atoms with Gasteiger partial charge in [-0.25, -0.2) is 5.43 Å². The summed E-state index contributed by atoms with van der Waals surface area (Å²) in [5.41, 5.74) is 2.68. The number of halogens is 3. The number of hydrogen-bond donors (Lipinski definition) is 1. The van der Waals surface area contributed by atoms with Gasteiger partial charge >= 0.3 is 6.18 Å². The fraction of sp³-hybridized carbons (Fsp3) is 0.524. The van der Waals surface area contributed by atoms with Gasteiger partial charge in [-0.3, -0.25) is 0 Å². The highest BCUT2D eigenvalue weighted by atomic mass is 19.4. The molecule has 0 bridgehead atoms. The lowest BCUT2D eigenvalue weighted by Crippen LogP contribution is -2.34. The van der Waals surface area contributed by atoms with Gasteiger partial charge in [0.2, 0.25) is 17.8 Å². The summed E-state index contributed by atoms with van der Waals surface area (Å²) in [6.07, 6.45) is 3.96. The molecule has 2 fully saturated rings. The van der Waals surface area contributed by atoms with Crippen LogP contribution in [0.25, 0.3) is 0 Å². The molecule has 0 saturated carbocycles. The van der Waals surface area contributed by atoms with Crippen molar-refractivity contribution >= 4 is 24.1 Å². The average Bonchev–Trinajstić information content (AvgIpc) is 2.80. The van der Waals surface area contributed by atoms with Gasteiger partial charge in [-0.1, -0.05) is 12.1 Å². The molecule has 2 aliphatic heterocycles. The second-order valence-electron chi connectivity index (χ2n) is 7.84. The van der Waals surface area contributed by atoms with E-state index in [0.29, 0.717) is 23.4 Å². The molecule has 0 radical (unpaired) electrons. The molecule has 2 saturated heterocycles. The Morgan fingerprint density at radius 1 is 0.774 bits per heavy atom. The van der Waals surface area contributed by atoms with Crippen LogP contribution in [0.1, 0.15) is 49.7 Å². The molecule has 2 aromatic rings. The first kappa shape index (κ1) is 21.3. The molecule has 0 amide bonds. The zero-order chi connectivity index (χ0) is 21.7. The molecule has 31 heavy (non-hydrogen) atoms. The molecule has 0 aliphatic carbocycles. The maximum atomic E-state index is 12.7.